The molecule has 112 valence electrons. The summed E-state index contributed by atoms with van der Waals surface area (Å²) in [6.45, 7) is 5.28. The Kier molecular flexibility index (Phi) is 4.35. The number of aryl methyl sites for hydroxylation is 1. The van der Waals surface area contributed by atoms with Crippen LogP contribution in [-0.4, -0.2) is 29.4 Å². The standard InChI is InChI=1S/C15H18N2O4/c1-9(2)13-15(18)21-14(16-13)12(8-17(19)20)11-6-4-5-10(3)7-11/h4-7,9,12,14H,8H2,1-3H3/t12-,14?/m0/s1. The van der Waals surface area contributed by atoms with E-state index >= 15 is 0 Å². The molecule has 0 aliphatic carbocycles. The van der Waals surface area contributed by atoms with Gasteiger partial charge in [-0.1, -0.05) is 43.7 Å². The molecule has 1 aliphatic heterocycles. The summed E-state index contributed by atoms with van der Waals surface area (Å²) in [5.41, 5.74) is 2.11. The molecule has 1 aromatic rings. The van der Waals surface area contributed by atoms with Gasteiger partial charge in [-0.25, -0.2) is 9.79 Å². The van der Waals surface area contributed by atoms with Crippen LogP contribution in [0, 0.1) is 23.0 Å². The highest BCUT2D eigenvalue weighted by molar-refractivity contribution is 6.38. The fourth-order valence-corrected chi connectivity index (χ4v) is 2.36. The van der Waals surface area contributed by atoms with E-state index in [1.165, 1.54) is 0 Å². The van der Waals surface area contributed by atoms with Crippen molar-refractivity contribution in [3.05, 3.63) is 45.5 Å². The van der Waals surface area contributed by atoms with E-state index in [0.29, 0.717) is 5.71 Å². The molecule has 21 heavy (non-hydrogen) atoms. The van der Waals surface area contributed by atoms with E-state index in [4.69, 9.17) is 4.74 Å². The Morgan fingerprint density at radius 3 is 2.67 bits per heavy atom. The van der Waals surface area contributed by atoms with Crippen molar-refractivity contribution in [1.82, 2.24) is 0 Å². The van der Waals surface area contributed by atoms with Crippen LogP contribution in [0.3, 0.4) is 0 Å². The topological polar surface area (TPSA) is 81.8 Å². The van der Waals surface area contributed by atoms with Gasteiger partial charge in [-0.2, -0.15) is 0 Å². The molecule has 1 aliphatic rings. The maximum atomic E-state index is 11.8. The Morgan fingerprint density at radius 2 is 2.14 bits per heavy atom. The maximum absolute atomic E-state index is 11.8. The number of benzene rings is 1. The van der Waals surface area contributed by atoms with Crippen molar-refractivity contribution in [2.45, 2.75) is 32.9 Å². The number of carbonyl (C=O) groups excluding carboxylic acids is 1. The molecule has 1 aromatic carbocycles. The molecule has 0 spiro atoms. The van der Waals surface area contributed by atoms with Crippen LogP contribution in [0.2, 0.25) is 0 Å². The van der Waals surface area contributed by atoms with E-state index in [0.717, 1.165) is 11.1 Å². The molecule has 0 amide bonds. The predicted octanol–water partition coefficient (Wildman–Crippen LogP) is 2.34. The summed E-state index contributed by atoms with van der Waals surface area (Å²) in [4.78, 5) is 26.6. The summed E-state index contributed by atoms with van der Waals surface area (Å²) in [6.07, 6.45) is -0.818. The number of hydrogen-bond donors (Lipinski definition) is 0. The highest BCUT2D eigenvalue weighted by atomic mass is 16.6. The fourth-order valence-electron chi connectivity index (χ4n) is 2.36. The van der Waals surface area contributed by atoms with Gasteiger partial charge in [0.25, 0.3) is 0 Å². The van der Waals surface area contributed by atoms with Crippen molar-refractivity contribution in [2.75, 3.05) is 6.54 Å². The molecular formula is C15H18N2O4. The van der Waals surface area contributed by atoms with Crippen LogP contribution in [0.4, 0.5) is 0 Å². The number of carbonyl (C=O) groups is 1. The molecule has 2 atom stereocenters. The van der Waals surface area contributed by atoms with Crippen LogP contribution in [0.15, 0.2) is 29.3 Å². The van der Waals surface area contributed by atoms with E-state index in [9.17, 15) is 14.9 Å². The summed E-state index contributed by atoms with van der Waals surface area (Å²) in [6, 6.07) is 7.42. The number of nitro groups is 1. The third kappa shape index (κ3) is 3.45. The minimum absolute atomic E-state index is 0.0590. The normalized spacial score (nSPS) is 19.3. The molecule has 0 fully saturated rings. The molecular weight excluding hydrogens is 272 g/mol. The van der Waals surface area contributed by atoms with Gasteiger partial charge in [0.1, 0.15) is 11.6 Å². The highest BCUT2D eigenvalue weighted by Gasteiger charge is 2.37. The lowest BCUT2D eigenvalue weighted by molar-refractivity contribution is -0.485. The second-order valence-corrected chi connectivity index (χ2v) is 5.50. The molecule has 1 unspecified atom stereocenters. The molecule has 6 nitrogen and oxygen atoms in total. The smallest absolute Gasteiger partial charge is 0.354 e. The van der Waals surface area contributed by atoms with E-state index in [1.807, 2.05) is 39.0 Å². The van der Waals surface area contributed by atoms with Crippen LogP contribution >= 0.6 is 0 Å². The van der Waals surface area contributed by atoms with E-state index in [1.54, 1.807) is 6.07 Å². The molecule has 0 radical (unpaired) electrons. The number of hydrogen-bond acceptors (Lipinski definition) is 5. The molecule has 0 N–H and O–H groups in total. The summed E-state index contributed by atoms with van der Waals surface area (Å²) in [5, 5.41) is 10.9. The second-order valence-electron chi connectivity index (χ2n) is 5.50. The number of rotatable bonds is 5. The van der Waals surface area contributed by atoms with Crippen molar-refractivity contribution in [3.63, 3.8) is 0 Å². The first-order chi connectivity index (χ1) is 9.88. The van der Waals surface area contributed by atoms with Crippen molar-refractivity contribution in [2.24, 2.45) is 10.9 Å². The number of esters is 1. The Balaban J connectivity index is 2.34. The summed E-state index contributed by atoms with van der Waals surface area (Å²) < 4.78 is 5.25. The van der Waals surface area contributed by atoms with Gasteiger partial charge in [-0.05, 0) is 12.5 Å². The monoisotopic (exact) mass is 290 g/mol. The van der Waals surface area contributed by atoms with Crippen LogP contribution in [0.1, 0.15) is 30.9 Å². The molecule has 0 saturated carbocycles. The molecule has 0 saturated heterocycles. The van der Waals surface area contributed by atoms with E-state index < -0.39 is 23.0 Å². The highest BCUT2D eigenvalue weighted by Crippen LogP contribution is 2.28. The Morgan fingerprint density at radius 1 is 1.43 bits per heavy atom. The largest absolute Gasteiger partial charge is 0.434 e. The Hall–Kier alpha value is -2.24. The first kappa shape index (κ1) is 15.2. The first-order valence-electron chi connectivity index (χ1n) is 6.85. The molecule has 0 aromatic heterocycles. The summed E-state index contributed by atoms with van der Waals surface area (Å²) in [5.74, 6) is -1.10. The lowest BCUT2D eigenvalue weighted by atomic mass is 9.96. The zero-order valence-corrected chi connectivity index (χ0v) is 12.3. The summed E-state index contributed by atoms with van der Waals surface area (Å²) in [7, 11) is 0. The lowest BCUT2D eigenvalue weighted by Crippen LogP contribution is -2.25. The minimum atomic E-state index is -0.818. The van der Waals surface area contributed by atoms with Gasteiger partial charge in [0.2, 0.25) is 12.8 Å². The predicted molar refractivity (Wildman–Crippen MR) is 77.9 cm³/mol. The van der Waals surface area contributed by atoms with E-state index in [2.05, 4.69) is 4.99 Å². The van der Waals surface area contributed by atoms with Crippen molar-refractivity contribution >= 4 is 11.7 Å². The third-order valence-corrected chi connectivity index (χ3v) is 3.41. The van der Waals surface area contributed by atoms with Gasteiger partial charge in [-0.15, -0.1) is 0 Å². The van der Waals surface area contributed by atoms with Gasteiger partial charge in [0.05, 0.1) is 0 Å². The lowest BCUT2D eigenvalue weighted by Gasteiger charge is -2.17. The molecule has 0 bridgehead atoms. The molecule has 2 rings (SSSR count). The molecule has 6 heteroatoms. The Bertz CT molecular complexity index is 595. The van der Waals surface area contributed by atoms with E-state index in [-0.39, 0.29) is 12.5 Å². The van der Waals surface area contributed by atoms with Gasteiger partial charge in [-0.3, -0.25) is 10.1 Å². The van der Waals surface area contributed by atoms with Crippen molar-refractivity contribution in [3.8, 4) is 0 Å². The van der Waals surface area contributed by atoms with Gasteiger partial charge in [0, 0.05) is 10.8 Å². The van der Waals surface area contributed by atoms with Gasteiger partial charge in [0.15, 0.2) is 0 Å². The quantitative estimate of drug-likeness (QED) is 0.473. The minimum Gasteiger partial charge on any atom is -0.434 e. The maximum Gasteiger partial charge on any atom is 0.354 e. The zero-order valence-electron chi connectivity index (χ0n) is 12.3. The average Bonchev–Trinajstić information content (AvgIpc) is 2.77. The van der Waals surface area contributed by atoms with Crippen molar-refractivity contribution in [1.29, 1.82) is 0 Å². The average molecular weight is 290 g/mol. The van der Waals surface area contributed by atoms with Gasteiger partial charge >= 0.3 is 5.97 Å². The van der Waals surface area contributed by atoms with Crippen LogP contribution in [-0.2, 0) is 9.53 Å². The van der Waals surface area contributed by atoms with Crippen LogP contribution in [0.25, 0.3) is 0 Å². The molecule has 1 heterocycles. The third-order valence-electron chi connectivity index (χ3n) is 3.41. The SMILES string of the molecule is Cc1cccc([C@H](C[N+](=O)[O-])C2N=C(C(C)C)C(=O)O2)c1. The van der Waals surface area contributed by atoms with Crippen molar-refractivity contribution < 1.29 is 14.5 Å². The first-order valence-corrected chi connectivity index (χ1v) is 6.85. The summed E-state index contributed by atoms with van der Waals surface area (Å²) >= 11 is 0. The van der Waals surface area contributed by atoms with Gasteiger partial charge < -0.3 is 4.74 Å². The number of ether oxygens (including phenoxy) is 1. The second kappa shape index (κ2) is 6.03. The van der Waals surface area contributed by atoms with Crippen LogP contribution < -0.4 is 0 Å². The number of cyclic esters (lactones) is 1. The fraction of sp³-hybridized carbons (Fsp3) is 0.467. The van der Waals surface area contributed by atoms with Crippen LogP contribution in [0.5, 0.6) is 0 Å². The number of aliphatic imine (C=N–C) groups is 1. The number of nitrogens with zero attached hydrogens (tertiary/aromatic N) is 2. The Labute approximate surface area is 123 Å². The zero-order chi connectivity index (χ0) is 15.6.